The van der Waals surface area contributed by atoms with Gasteiger partial charge in [-0.25, -0.2) is 13.2 Å². The number of carbonyl (C=O) groups is 2. The molecular weight excluding hydrogens is 603 g/mol. The minimum Gasteiger partial charge on any atom is -0.497 e. The van der Waals surface area contributed by atoms with Gasteiger partial charge in [-0.05, 0) is 54.8 Å². The van der Waals surface area contributed by atoms with E-state index in [0.717, 1.165) is 18.7 Å². The Morgan fingerprint density at radius 1 is 1.00 bits per heavy atom. The molecule has 3 aromatic rings. The first-order valence-electron chi connectivity index (χ1n) is 13.8. The van der Waals surface area contributed by atoms with Crippen LogP contribution in [0.15, 0.2) is 70.4 Å². The van der Waals surface area contributed by atoms with Crippen LogP contribution in [0.1, 0.15) is 22.6 Å². The normalized spacial score (nSPS) is 19.3. The third-order valence-electron chi connectivity index (χ3n) is 7.79. The van der Waals surface area contributed by atoms with Crippen LogP contribution in [-0.2, 0) is 19.6 Å². The highest BCUT2D eigenvalue weighted by Crippen LogP contribution is 2.38. The number of benzene rings is 2. The van der Waals surface area contributed by atoms with E-state index in [0.29, 0.717) is 18.8 Å². The van der Waals surface area contributed by atoms with Crippen LogP contribution in [0.2, 0.25) is 0 Å². The summed E-state index contributed by atoms with van der Waals surface area (Å²) in [5.74, 6) is -3.04. The van der Waals surface area contributed by atoms with E-state index in [4.69, 9.17) is 19.1 Å². The summed E-state index contributed by atoms with van der Waals surface area (Å²) in [6, 6.07) is 14.7. The Balaban J connectivity index is 0.000000566. The molecule has 2 fully saturated rings. The number of ether oxygens (including phenoxy) is 1. The minimum atomic E-state index is -5.08. The first kappa shape index (κ1) is 32.9. The molecule has 2 aromatic carbocycles. The van der Waals surface area contributed by atoms with E-state index in [2.05, 4.69) is 36.9 Å². The van der Waals surface area contributed by atoms with Gasteiger partial charge in [0.05, 0.1) is 30.4 Å². The number of aryl methyl sites for hydroxylation is 2. The van der Waals surface area contributed by atoms with Gasteiger partial charge in [-0.15, -0.1) is 0 Å². The van der Waals surface area contributed by atoms with Crippen molar-refractivity contribution in [2.24, 2.45) is 5.92 Å². The smallest absolute Gasteiger partial charge is 0.490 e. The predicted octanol–water partition coefficient (Wildman–Crippen LogP) is 4.29. The van der Waals surface area contributed by atoms with Crippen LogP contribution in [0, 0.1) is 19.8 Å². The van der Waals surface area contributed by atoms with E-state index >= 15 is 0 Å². The summed E-state index contributed by atoms with van der Waals surface area (Å²) in [4.78, 5) is 27.1. The molecule has 2 aliphatic heterocycles. The Labute approximate surface area is 253 Å². The monoisotopic (exact) mass is 637 g/mol. The van der Waals surface area contributed by atoms with Crippen molar-refractivity contribution in [2.75, 3.05) is 51.3 Å². The summed E-state index contributed by atoms with van der Waals surface area (Å²) in [7, 11) is -2.30. The van der Waals surface area contributed by atoms with Gasteiger partial charge in [0.25, 0.3) is 0 Å². The number of rotatable bonds is 6. The van der Waals surface area contributed by atoms with Crippen molar-refractivity contribution in [3.63, 3.8) is 0 Å². The molecule has 2 saturated heterocycles. The fraction of sp³-hybridized carbons (Fsp3) is 0.400. The molecule has 1 aromatic heterocycles. The van der Waals surface area contributed by atoms with Crippen molar-refractivity contribution in [1.29, 1.82) is 0 Å². The van der Waals surface area contributed by atoms with Gasteiger partial charge >= 0.3 is 12.1 Å². The van der Waals surface area contributed by atoms with E-state index in [1.165, 1.54) is 34.3 Å². The van der Waals surface area contributed by atoms with Crippen LogP contribution < -0.4 is 9.64 Å². The maximum Gasteiger partial charge on any atom is 0.490 e. The van der Waals surface area contributed by atoms with Crippen LogP contribution in [0.5, 0.6) is 5.75 Å². The van der Waals surface area contributed by atoms with Crippen LogP contribution in [0.3, 0.4) is 0 Å². The van der Waals surface area contributed by atoms with Gasteiger partial charge in [0.15, 0.2) is 0 Å². The second-order valence-corrected chi connectivity index (χ2v) is 12.6. The lowest BCUT2D eigenvalue weighted by Crippen LogP contribution is -2.51. The van der Waals surface area contributed by atoms with E-state index in [1.54, 1.807) is 30.7 Å². The van der Waals surface area contributed by atoms with Crippen molar-refractivity contribution >= 4 is 27.6 Å². The van der Waals surface area contributed by atoms with Crippen molar-refractivity contribution in [1.82, 2.24) is 9.21 Å². The molecule has 0 bridgehead atoms. The first-order valence-corrected chi connectivity index (χ1v) is 15.2. The molecule has 2 atom stereocenters. The molecule has 1 N–H and O–H groups in total. The van der Waals surface area contributed by atoms with Gasteiger partial charge in [-0.3, -0.25) is 4.79 Å². The molecule has 14 heteroatoms. The van der Waals surface area contributed by atoms with Gasteiger partial charge in [0.2, 0.25) is 15.9 Å². The number of anilines is 1. The highest BCUT2D eigenvalue weighted by atomic mass is 32.2. The number of nitrogens with zero attached hydrogens (tertiary/aromatic N) is 3. The predicted molar refractivity (Wildman–Crippen MR) is 155 cm³/mol. The molecule has 238 valence electrons. The number of furan rings is 1. The zero-order valence-electron chi connectivity index (χ0n) is 24.5. The number of alkyl halides is 3. The molecule has 0 unspecified atom stereocenters. The number of amides is 1. The minimum absolute atomic E-state index is 0.00448. The third kappa shape index (κ3) is 7.36. The number of carboxylic acid groups (broad SMARTS) is 1. The van der Waals surface area contributed by atoms with Crippen molar-refractivity contribution in [2.45, 2.75) is 30.8 Å². The molecule has 1 amide bonds. The van der Waals surface area contributed by atoms with E-state index in [9.17, 15) is 26.4 Å². The number of methoxy groups -OCH3 is 1. The topological polar surface area (TPSA) is 121 Å². The van der Waals surface area contributed by atoms with Crippen LogP contribution >= 0.6 is 0 Å². The number of carboxylic acids is 1. The van der Waals surface area contributed by atoms with E-state index in [1.807, 2.05) is 11.0 Å². The molecule has 0 radical (unpaired) electrons. The summed E-state index contributed by atoms with van der Waals surface area (Å²) in [6.45, 7) is 7.23. The summed E-state index contributed by atoms with van der Waals surface area (Å²) in [5.41, 5.74) is 4.49. The summed E-state index contributed by atoms with van der Waals surface area (Å²) < 4.78 is 70.8. The number of sulfonamides is 1. The lowest BCUT2D eigenvalue weighted by Gasteiger charge is -2.38. The largest absolute Gasteiger partial charge is 0.497 e. The Bertz CT molecular complexity index is 1570. The first-order chi connectivity index (χ1) is 20.7. The van der Waals surface area contributed by atoms with Crippen LogP contribution in [0.4, 0.5) is 18.9 Å². The van der Waals surface area contributed by atoms with Gasteiger partial charge in [-0.2, -0.15) is 17.5 Å². The van der Waals surface area contributed by atoms with Crippen molar-refractivity contribution < 1.29 is 45.4 Å². The van der Waals surface area contributed by atoms with Gasteiger partial charge < -0.3 is 24.1 Å². The Morgan fingerprint density at radius 3 is 2.27 bits per heavy atom. The lowest BCUT2D eigenvalue weighted by molar-refractivity contribution is -0.192. The third-order valence-corrected chi connectivity index (χ3v) is 9.62. The molecule has 10 nitrogen and oxygen atoms in total. The summed E-state index contributed by atoms with van der Waals surface area (Å²) in [5, 5.41) is 7.12. The fourth-order valence-corrected chi connectivity index (χ4v) is 6.94. The van der Waals surface area contributed by atoms with Gasteiger partial charge in [-0.1, -0.05) is 18.2 Å². The Morgan fingerprint density at radius 2 is 1.68 bits per heavy atom. The molecule has 5 rings (SSSR count). The highest BCUT2D eigenvalue weighted by molar-refractivity contribution is 7.89. The average molecular weight is 638 g/mol. The summed E-state index contributed by atoms with van der Waals surface area (Å²) in [6.07, 6.45) is -1.90. The van der Waals surface area contributed by atoms with Gasteiger partial charge in [0.1, 0.15) is 5.75 Å². The number of aliphatic carboxylic acids is 1. The summed E-state index contributed by atoms with van der Waals surface area (Å²) >= 11 is 0. The Hall–Kier alpha value is -4.04. The molecule has 44 heavy (non-hydrogen) atoms. The second-order valence-electron chi connectivity index (χ2n) is 10.7. The zero-order chi connectivity index (χ0) is 32.2. The van der Waals surface area contributed by atoms with Crippen LogP contribution in [-0.4, -0.2) is 87.2 Å². The number of hydrogen-bond donors (Lipinski definition) is 1. The molecule has 0 saturated carbocycles. The maximum atomic E-state index is 13.8. The SMILES string of the molecule is COc1cccc(S(=O)(=O)N2C[C@@H](C(=O)N3CCN(c4cc(C)ccc4C)CC3)[C@H](c3ccoc3)C2)c1.O=C(O)C(F)(F)F. The quantitative estimate of drug-likeness (QED) is 0.425. The number of halogens is 3. The number of piperazine rings is 1. The van der Waals surface area contributed by atoms with Gasteiger partial charge in [0, 0.05) is 56.9 Å². The molecule has 0 spiro atoms. The van der Waals surface area contributed by atoms with E-state index in [-0.39, 0.29) is 29.8 Å². The average Bonchev–Trinajstić information content (AvgIpc) is 3.69. The number of carbonyl (C=O) groups excluding carboxylic acids is 1. The lowest BCUT2D eigenvalue weighted by atomic mass is 9.89. The fourth-order valence-electron chi connectivity index (χ4n) is 5.41. The molecule has 0 aliphatic carbocycles. The van der Waals surface area contributed by atoms with E-state index < -0.39 is 28.1 Å². The Kier molecular flexibility index (Phi) is 9.94. The van der Waals surface area contributed by atoms with Crippen molar-refractivity contribution in [3.05, 3.63) is 77.7 Å². The maximum absolute atomic E-state index is 13.8. The molecular formula is C30H34F3N3O7S. The second kappa shape index (κ2) is 13.3. The van der Waals surface area contributed by atoms with Crippen LogP contribution in [0.25, 0.3) is 0 Å². The number of hydrogen-bond acceptors (Lipinski definition) is 7. The molecule has 2 aliphatic rings. The highest BCUT2D eigenvalue weighted by Gasteiger charge is 2.45. The standard InChI is InChI=1S/C28H33N3O5S.C2HF3O2/c1-20-7-8-21(2)27(15-20)29-10-12-30(13-11-29)28(32)26-18-31(17-25(26)22-9-14-36-19-22)37(33,34)24-6-4-5-23(16-24)35-3;3-2(4,5)1(6)7/h4-9,14-16,19,25-26H,10-13,17-18H2,1-3H3;(H,6,7)/t25-,26+;/m0./s1. The zero-order valence-corrected chi connectivity index (χ0v) is 25.3. The molecule has 3 heterocycles. The van der Waals surface area contributed by atoms with Crippen molar-refractivity contribution in [3.8, 4) is 5.75 Å².